The van der Waals surface area contributed by atoms with Crippen LogP contribution in [0.2, 0.25) is 0 Å². The first-order valence-electron chi connectivity index (χ1n) is 4.97. The van der Waals surface area contributed by atoms with Crippen LogP contribution in [0.1, 0.15) is 5.69 Å². The monoisotopic (exact) mass is 236 g/mol. The van der Waals surface area contributed by atoms with Gasteiger partial charge in [0.1, 0.15) is 11.6 Å². The van der Waals surface area contributed by atoms with E-state index in [9.17, 15) is 8.78 Å². The first-order valence-corrected chi connectivity index (χ1v) is 4.97. The molecule has 0 radical (unpaired) electrons. The molecule has 2 N–H and O–H groups in total. The Hall–Kier alpha value is -2.01. The Balaban J connectivity index is 2.31. The molecule has 2 aromatic rings. The maximum atomic E-state index is 13.4. The number of nitrogens with two attached hydrogens (primary N) is 1. The van der Waals surface area contributed by atoms with Crippen LogP contribution in [0.15, 0.2) is 36.5 Å². The number of benzene rings is 1. The Kier molecular flexibility index (Phi) is 3.30. The van der Waals surface area contributed by atoms with Crippen molar-refractivity contribution in [3.8, 4) is 11.5 Å². The quantitative estimate of drug-likeness (QED) is 0.891. The summed E-state index contributed by atoms with van der Waals surface area (Å²) in [6.45, 7) is 0.180. The molecule has 88 valence electrons. The van der Waals surface area contributed by atoms with Crippen LogP contribution in [0.5, 0.6) is 11.5 Å². The number of nitrogens with zero attached hydrogens (tertiary/aromatic N) is 1. The van der Waals surface area contributed by atoms with E-state index in [4.69, 9.17) is 10.5 Å². The second-order valence-electron chi connectivity index (χ2n) is 3.33. The van der Waals surface area contributed by atoms with Crippen LogP contribution in [0, 0.1) is 11.6 Å². The van der Waals surface area contributed by atoms with Gasteiger partial charge in [-0.25, -0.2) is 8.78 Å². The van der Waals surface area contributed by atoms with Crippen molar-refractivity contribution in [2.45, 2.75) is 6.54 Å². The molecule has 0 bridgehead atoms. The third-order valence-electron chi connectivity index (χ3n) is 2.16. The first-order chi connectivity index (χ1) is 8.20. The van der Waals surface area contributed by atoms with Gasteiger partial charge in [0, 0.05) is 18.8 Å². The van der Waals surface area contributed by atoms with E-state index >= 15 is 0 Å². The predicted octanol–water partition coefficient (Wildman–Crippen LogP) is 2.61. The fourth-order valence-electron chi connectivity index (χ4n) is 1.35. The normalized spacial score (nSPS) is 10.3. The van der Waals surface area contributed by atoms with Gasteiger partial charge >= 0.3 is 0 Å². The molecule has 3 nitrogen and oxygen atoms in total. The van der Waals surface area contributed by atoms with Crippen molar-refractivity contribution in [1.29, 1.82) is 0 Å². The summed E-state index contributed by atoms with van der Waals surface area (Å²) < 4.78 is 31.4. The Morgan fingerprint density at radius 1 is 1.18 bits per heavy atom. The summed E-state index contributed by atoms with van der Waals surface area (Å²) in [6.07, 6.45) is 1.57. The maximum absolute atomic E-state index is 13.4. The minimum atomic E-state index is -0.767. The van der Waals surface area contributed by atoms with Gasteiger partial charge in [-0.05, 0) is 24.3 Å². The van der Waals surface area contributed by atoms with Gasteiger partial charge in [0.05, 0.1) is 5.69 Å². The molecule has 1 aromatic carbocycles. The van der Waals surface area contributed by atoms with Gasteiger partial charge in [0.15, 0.2) is 11.6 Å². The second kappa shape index (κ2) is 4.88. The van der Waals surface area contributed by atoms with Crippen molar-refractivity contribution in [3.63, 3.8) is 0 Å². The molecular weight excluding hydrogens is 226 g/mol. The molecule has 1 heterocycles. The van der Waals surface area contributed by atoms with Gasteiger partial charge in [-0.2, -0.15) is 0 Å². The zero-order chi connectivity index (χ0) is 12.3. The van der Waals surface area contributed by atoms with Gasteiger partial charge in [0.2, 0.25) is 0 Å². The molecule has 0 saturated heterocycles. The smallest absolute Gasteiger partial charge is 0.168 e. The summed E-state index contributed by atoms with van der Waals surface area (Å²) in [7, 11) is 0. The molecular formula is C12H10F2N2O. The third kappa shape index (κ3) is 2.57. The molecule has 2 rings (SSSR count). The van der Waals surface area contributed by atoms with Gasteiger partial charge in [-0.1, -0.05) is 0 Å². The summed E-state index contributed by atoms with van der Waals surface area (Å²) in [4.78, 5) is 3.99. The highest BCUT2D eigenvalue weighted by Gasteiger charge is 2.09. The molecule has 0 atom stereocenters. The van der Waals surface area contributed by atoms with Crippen LogP contribution in [-0.4, -0.2) is 4.98 Å². The van der Waals surface area contributed by atoms with Crippen LogP contribution >= 0.6 is 0 Å². The molecule has 5 heteroatoms. The van der Waals surface area contributed by atoms with Crippen LogP contribution in [-0.2, 0) is 6.54 Å². The number of pyridine rings is 1. The zero-order valence-corrected chi connectivity index (χ0v) is 8.86. The van der Waals surface area contributed by atoms with Gasteiger partial charge in [-0.15, -0.1) is 0 Å². The molecule has 1 aromatic heterocycles. The van der Waals surface area contributed by atoms with Gasteiger partial charge in [0.25, 0.3) is 0 Å². The van der Waals surface area contributed by atoms with E-state index in [-0.39, 0.29) is 12.3 Å². The van der Waals surface area contributed by atoms with Crippen molar-refractivity contribution in [2.24, 2.45) is 5.73 Å². The average molecular weight is 236 g/mol. The maximum Gasteiger partial charge on any atom is 0.168 e. The van der Waals surface area contributed by atoms with E-state index in [0.717, 1.165) is 12.1 Å². The molecule has 0 amide bonds. The van der Waals surface area contributed by atoms with Crippen LogP contribution in [0.4, 0.5) is 8.78 Å². The van der Waals surface area contributed by atoms with Crippen molar-refractivity contribution in [2.75, 3.05) is 0 Å². The SMILES string of the molecule is NCc1ncccc1Oc1ccc(F)cc1F. The average Bonchev–Trinajstić information content (AvgIpc) is 2.33. The number of rotatable bonds is 3. The van der Waals surface area contributed by atoms with Crippen molar-refractivity contribution in [3.05, 3.63) is 53.9 Å². The van der Waals surface area contributed by atoms with Crippen molar-refractivity contribution >= 4 is 0 Å². The second-order valence-corrected chi connectivity index (χ2v) is 3.33. The van der Waals surface area contributed by atoms with E-state index in [1.165, 1.54) is 6.07 Å². The lowest BCUT2D eigenvalue weighted by molar-refractivity contribution is 0.431. The third-order valence-corrected chi connectivity index (χ3v) is 2.16. The number of aromatic nitrogens is 1. The lowest BCUT2D eigenvalue weighted by Crippen LogP contribution is -2.02. The molecule has 0 aliphatic carbocycles. The number of ether oxygens (including phenoxy) is 1. The van der Waals surface area contributed by atoms with E-state index in [1.54, 1.807) is 18.3 Å². The molecule has 0 spiro atoms. The van der Waals surface area contributed by atoms with Crippen LogP contribution in [0.25, 0.3) is 0 Å². The fraction of sp³-hybridized carbons (Fsp3) is 0.0833. The highest BCUT2D eigenvalue weighted by Crippen LogP contribution is 2.26. The minimum absolute atomic E-state index is 0.0610. The van der Waals surface area contributed by atoms with E-state index < -0.39 is 11.6 Å². The van der Waals surface area contributed by atoms with Crippen LogP contribution in [0.3, 0.4) is 0 Å². The van der Waals surface area contributed by atoms with Gasteiger partial charge < -0.3 is 10.5 Å². The van der Waals surface area contributed by atoms with Gasteiger partial charge in [-0.3, -0.25) is 4.98 Å². The van der Waals surface area contributed by atoms with E-state index in [0.29, 0.717) is 11.4 Å². The zero-order valence-electron chi connectivity index (χ0n) is 8.86. The highest BCUT2D eigenvalue weighted by molar-refractivity contribution is 5.34. The summed E-state index contributed by atoms with van der Waals surface area (Å²) in [6, 6.07) is 6.37. The standard InChI is InChI=1S/C12H10F2N2O/c13-8-3-4-11(9(14)6-8)17-12-2-1-5-16-10(12)7-15/h1-6H,7,15H2. The molecule has 17 heavy (non-hydrogen) atoms. The Morgan fingerprint density at radius 2 is 2.00 bits per heavy atom. The lowest BCUT2D eigenvalue weighted by atomic mass is 10.3. The van der Waals surface area contributed by atoms with Crippen LogP contribution < -0.4 is 10.5 Å². The number of halogens is 2. The van der Waals surface area contributed by atoms with E-state index in [1.807, 2.05) is 0 Å². The Morgan fingerprint density at radius 3 is 2.71 bits per heavy atom. The molecule has 0 fully saturated rings. The molecule has 0 saturated carbocycles. The molecule has 0 aliphatic heterocycles. The first kappa shape index (κ1) is 11.5. The number of hydrogen-bond acceptors (Lipinski definition) is 3. The molecule has 0 aliphatic rings. The van der Waals surface area contributed by atoms with Crippen molar-refractivity contribution in [1.82, 2.24) is 4.98 Å². The lowest BCUT2D eigenvalue weighted by Gasteiger charge is -2.09. The molecule has 0 unspecified atom stereocenters. The summed E-state index contributed by atoms with van der Waals surface area (Å²) in [5, 5.41) is 0. The van der Waals surface area contributed by atoms with E-state index in [2.05, 4.69) is 4.98 Å². The fourth-order valence-corrected chi connectivity index (χ4v) is 1.35. The highest BCUT2D eigenvalue weighted by atomic mass is 19.1. The largest absolute Gasteiger partial charge is 0.452 e. The summed E-state index contributed by atoms with van der Waals surface area (Å²) in [5.41, 5.74) is 5.98. The Bertz CT molecular complexity index is 532. The summed E-state index contributed by atoms with van der Waals surface area (Å²) in [5.74, 6) is -1.12. The topological polar surface area (TPSA) is 48.1 Å². The predicted molar refractivity (Wildman–Crippen MR) is 58.6 cm³/mol. The summed E-state index contributed by atoms with van der Waals surface area (Å²) >= 11 is 0. The number of hydrogen-bond donors (Lipinski definition) is 1. The minimum Gasteiger partial charge on any atom is -0.452 e. The Labute approximate surface area is 96.9 Å². The van der Waals surface area contributed by atoms with Crippen molar-refractivity contribution < 1.29 is 13.5 Å².